The molecule has 0 aliphatic heterocycles. The van der Waals surface area contributed by atoms with E-state index >= 15 is 0 Å². The lowest BCUT2D eigenvalue weighted by Gasteiger charge is -2.09. The zero-order valence-corrected chi connectivity index (χ0v) is 13.9. The van der Waals surface area contributed by atoms with E-state index in [1.807, 2.05) is 6.07 Å². The van der Waals surface area contributed by atoms with Gasteiger partial charge in [-0.05, 0) is 29.8 Å². The second-order valence-electron chi connectivity index (χ2n) is 5.99. The third kappa shape index (κ3) is 3.10. The Kier molecular flexibility index (Phi) is 4.03. The standard InChI is InChI=1S/C21H14F3NO2/c22-21(23,24)16-10-6-9-15(13-16)17-18(26)19(14-7-2-1-3-8-14)27-20(17)25-11-4-5-12-25/h1-13,26H. The highest BCUT2D eigenvalue weighted by molar-refractivity contribution is 5.84. The molecule has 0 saturated heterocycles. The predicted molar refractivity (Wildman–Crippen MR) is 95.6 cm³/mol. The van der Waals surface area contributed by atoms with E-state index in [0.29, 0.717) is 5.56 Å². The van der Waals surface area contributed by atoms with Gasteiger partial charge in [0.1, 0.15) is 0 Å². The van der Waals surface area contributed by atoms with E-state index in [2.05, 4.69) is 0 Å². The Labute approximate surface area is 152 Å². The normalized spacial score (nSPS) is 11.7. The van der Waals surface area contributed by atoms with Crippen molar-refractivity contribution in [2.24, 2.45) is 0 Å². The van der Waals surface area contributed by atoms with Crippen LogP contribution < -0.4 is 0 Å². The number of rotatable bonds is 3. The number of aromatic hydroxyl groups is 1. The number of aromatic nitrogens is 1. The smallest absolute Gasteiger partial charge is 0.416 e. The van der Waals surface area contributed by atoms with Gasteiger partial charge in [0, 0.05) is 18.0 Å². The minimum atomic E-state index is -4.48. The van der Waals surface area contributed by atoms with Crippen molar-refractivity contribution in [1.29, 1.82) is 0 Å². The average Bonchev–Trinajstić information content (AvgIpc) is 3.29. The van der Waals surface area contributed by atoms with E-state index in [-0.39, 0.29) is 28.5 Å². The van der Waals surface area contributed by atoms with Crippen LogP contribution in [-0.2, 0) is 6.18 Å². The summed E-state index contributed by atoms with van der Waals surface area (Å²) in [7, 11) is 0. The molecule has 0 aliphatic rings. The van der Waals surface area contributed by atoms with Gasteiger partial charge in [-0.15, -0.1) is 0 Å². The van der Waals surface area contributed by atoms with Crippen molar-refractivity contribution in [1.82, 2.24) is 4.57 Å². The highest BCUT2D eigenvalue weighted by atomic mass is 19.4. The molecule has 2 aromatic heterocycles. The van der Waals surface area contributed by atoms with E-state index in [0.717, 1.165) is 12.1 Å². The maximum Gasteiger partial charge on any atom is 0.416 e. The van der Waals surface area contributed by atoms with E-state index in [1.165, 1.54) is 12.1 Å². The van der Waals surface area contributed by atoms with E-state index in [4.69, 9.17) is 4.42 Å². The van der Waals surface area contributed by atoms with Gasteiger partial charge in [0.15, 0.2) is 11.5 Å². The molecule has 0 fully saturated rings. The van der Waals surface area contributed by atoms with Crippen LogP contribution in [0.25, 0.3) is 28.3 Å². The number of halogens is 3. The molecule has 0 spiro atoms. The summed E-state index contributed by atoms with van der Waals surface area (Å²) in [5.74, 6) is 0.242. The van der Waals surface area contributed by atoms with Crippen molar-refractivity contribution in [3.8, 4) is 34.1 Å². The van der Waals surface area contributed by atoms with Gasteiger partial charge < -0.3 is 9.52 Å². The minimum Gasteiger partial charge on any atom is -0.504 e. The van der Waals surface area contributed by atoms with Crippen LogP contribution in [0.5, 0.6) is 5.75 Å². The Morgan fingerprint density at radius 1 is 0.815 bits per heavy atom. The second-order valence-corrected chi connectivity index (χ2v) is 5.99. The van der Waals surface area contributed by atoms with Crippen molar-refractivity contribution in [3.63, 3.8) is 0 Å². The number of nitrogens with zero attached hydrogens (tertiary/aromatic N) is 1. The third-order valence-corrected chi connectivity index (χ3v) is 4.22. The molecule has 0 bridgehead atoms. The van der Waals surface area contributed by atoms with Crippen LogP contribution in [-0.4, -0.2) is 9.67 Å². The molecule has 0 saturated carbocycles. The molecule has 0 aliphatic carbocycles. The number of hydrogen-bond acceptors (Lipinski definition) is 2. The van der Waals surface area contributed by atoms with Crippen LogP contribution in [0.3, 0.4) is 0 Å². The average molecular weight is 369 g/mol. The van der Waals surface area contributed by atoms with Crippen LogP contribution >= 0.6 is 0 Å². The summed E-state index contributed by atoms with van der Waals surface area (Å²) in [5.41, 5.74) is 0.259. The summed E-state index contributed by atoms with van der Waals surface area (Å²) >= 11 is 0. The Morgan fingerprint density at radius 3 is 2.15 bits per heavy atom. The Hall–Kier alpha value is -3.41. The molecule has 2 heterocycles. The second kappa shape index (κ2) is 6.39. The first-order chi connectivity index (χ1) is 12.9. The van der Waals surface area contributed by atoms with Crippen molar-refractivity contribution in [2.45, 2.75) is 6.18 Å². The monoisotopic (exact) mass is 369 g/mol. The van der Waals surface area contributed by atoms with Crippen molar-refractivity contribution < 1.29 is 22.7 Å². The first kappa shape index (κ1) is 17.0. The number of hydrogen-bond donors (Lipinski definition) is 1. The molecule has 6 heteroatoms. The minimum absolute atomic E-state index is 0.201. The molecule has 4 rings (SSSR count). The summed E-state index contributed by atoms with van der Waals surface area (Å²) < 4.78 is 46.9. The van der Waals surface area contributed by atoms with Crippen LogP contribution in [0.15, 0.2) is 83.5 Å². The molecule has 27 heavy (non-hydrogen) atoms. The molecule has 4 aromatic rings. The summed E-state index contributed by atoms with van der Waals surface area (Å²) in [6.45, 7) is 0. The lowest BCUT2D eigenvalue weighted by atomic mass is 10.0. The van der Waals surface area contributed by atoms with Crippen LogP contribution in [0, 0.1) is 0 Å². The molecule has 3 nitrogen and oxygen atoms in total. The van der Waals surface area contributed by atoms with Crippen LogP contribution in [0.2, 0.25) is 0 Å². The topological polar surface area (TPSA) is 38.3 Å². The highest BCUT2D eigenvalue weighted by Gasteiger charge is 2.32. The molecular formula is C21H14F3NO2. The lowest BCUT2D eigenvalue weighted by Crippen LogP contribution is -2.04. The summed E-state index contributed by atoms with van der Waals surface area (Å²) in [5, 5.41) is 10.8. The molecule has 0 atom stereocenters. The number of furan rings is 1. The van der Waals surface area contributed by atoms with Gasteiger partial charge in [-0.25, -0.2) is 0 Å². The van der Waals surface area contributed by atoms with Gasteiger partial charge in [0.05, 0.1) is 11.1 Å². The lowest BCUT2D eigenvalue weighted by molar-refractivity contribution is -0.137. The fourth-order valence-corrected chi connectivity index (χ4v) is 2.96. The fourth-order valence-electron chi connectivity index (χ4n) is 2.96. The van der Waals surface area contributed by atoms with Crippen molar-refractivity contribution in [3.05, 3.63) is 84.7 Å². The van der Waals surface area contributed by atoms with Gasteiger partial charge in [0.25, 0.3) is 0 Å². The van der Waals surface area contributed by atoms with E-state index in [1.54, 1.807) is 53.4 Å². The number of alkyl halides is 3. The fraction of sp³-hybridized carbons (Fsp3) is 0.0476. The maximum absolute atomic E-state index is 13.1. The van der Waals surface area contributed by atoms with Crippen LogP contribution in [0.4, 0.5) is 13.2 Å². The molecular weight excluding hydrogens is 355 g/mol. The van der Waals surface area contributed by atoms with Gasteiger partial charge in [0.2, 0.25) is 5.88 Å². The van der Waals surface area contributed by atoms with Crippen LogP contribution in [0.1, 0.15) is 5.56 Å². The van der Waals surface area contributed by atoms with Gasteiger partial charge >= 0.3 is 6.18 Å². The third-order valence-electron chi connectivity index (χ3n) is 4.22. The molecule has 0 amide bonds. The molecule has 0 radical (unpaired) electrons. The Balaban J connectivity index is 1.96. The van der Waals surface area contributed by atoms with Gasteiger partial charge in [-0.2, -0.15) is 13.2 Å². The summed E-state index contributed by atoms with van der Waals surface area (Å²) in [4.78, 5) is 0. The molecule has 0 unspecified atom stereocenters. The zero-order valence-electron chi connectivity index (χ0n) is 13.9. The van der Waals surface area contributed by atoms with Crippen molar-refractivity contribution in [2.75, 3.05) is 0 Å². The quantitative estimate of drug-likeness (QED) is 0.472. The predicted octanol–water partition coefficient (Wildman–Crippen LogP) is 6.13. The first-order valence-corrected chi connectivity index (χ1v) is 8.17. The molecule has 136 valence electrons. The SMILES string of the molecule is Oc1c(-c2ccccc2)oc(-n2cccc2)c1-c1cccc(C(F)(F)F)c1. The first-order valence-electron chi connectivity index (χ1n) is 8.17. The van der Waals surface area contributed by atoms with Gasteiger partial charge in [-0.3, -0.25) is 4.57 Å². The molecule has 2 aromatic carbocycles. The zero-order chi connectivity index (χ0) is 19.0. The molecule has 1 N–H and O–H groups in total. The van der Waals surface area contributed by atoms with E-state index in [9.17, 15) is 18.3 Å². The van der Waals surface area contributed by atoms with E-state index < -0.39 is 11.7 Å². The number of benzene rings is 2. The summed E-state index contributed by atoms with van der Waals surface area (Å²) in [6.07, 6.45) is -1.08. The van der Waals surface area contributed by atoms with Crippen molar-refractivity contribution >= 4 is 0 Å². The Morgan fingerprint density at radius 2 is 1.48 bits per heavy atom. The van der Waals surface area contributed by atoms with Gasteiger partial charge in [-0.1, -0.05) is 42.5 Å². The Bertz CT molecular complexity index is 1060. The largest absolute Gasteiger partial charge is 0.504 e. The maximum atomic E-state index is 13.1. The summed E-state index contributed by atoms with van der Waals surface area (Å²) in [6, 6.07) is 17.3. The highest BCUT2D eigenvalue weighted by Crippen LogP contribution is 2.46.